The van der Waals surface area contributed by atoms with Crippen LogP contribution in [0, 0.1) is 0 Å². The quantitative estimate of drug-likeness (QED) is 0.331. The summed E-state index contributed by atoms with van der Waals surface area (Å²) >= 11 is 0. The molecule has 0 saturated heterocycles. The van der Waals surface area contributed by atoms with Gasteiger partial charge < -0.3 is 25.7 Å². The first-order valence-electron chi connectivity index (χ1n) is 4.75. The summed E-state index contributed by atoms with van der Waals surface area (Å²) in [4.78, 5) is 20.7. The number of H-pyrrole nitrogens is 1. The van der Waals surface area contributed by atoms with Crippen molar-refractivity contribution in [1.29, 1.82) is 0 Å². The van der Waals surface area contributed by atoms with Gasteiger partial charge >= 0.3 is 19.5 Å². The predicted octanol–water partition coefficient (Wildman–Crippen LogP) is -2.82. The average molecular weight is 290 g/mol. The first kappa shape index (κ1) is 15.7. The van der Waals surface area contributed by atoms with Gasteiger partial charge in [0.2, 0.25) is 0 Å². The van der Waals surface area contributed by atoms with Crippen LogP contribution in [0.2, 0.25) is 0 Å². The topological polar surface area (TPSA) is 130 Å². The number of nitrogens with two attached hydrogens (primary N) is 1. The van der Waals surface area contributed by atoms with Gasteiger partial charge in [0, 0.05) is 18.3 Å². The molecule has 0 bridgehead atoms. The smallest absolute Gasteiger partial charge is 0.862 e. The van der Waals surface area contributed by atoms with Crippen LogP contribution < -0.4 is 15.9 Å². The molecule has 0 spiro atoms. The van der Waals surface area contributed by atoms with Crippen LogP contribution in [0.1, 0.15) is 12.1 Å². The second kappa shape index (κ2) is 7.92. The van der Waals surface area contributed by atoms with Crippen LogP contribution in [0.5, 0.6) is 0 Å². The van der Waals surface area contributed by atoms with E-state index in [0.717, 1.165) is 0 Å². The van der Waals surface area contributed by atoms with Crippen molar-refractivity contribution in [2.75, 3.05) is 6.54 Å². The van der Waals surface area contributed by atoms with Gasteiger partial charge in [0.05, 0.1) is 18.3 Å². The summed E-state index contributed by atoms with van der Waals surface area (Å²) in [5.74, 6) is -1.92. The molecule has 88 valence electrons. The molecule has 1 atom stereocenters. The minimum atomic E-state index is -1.39. The minimum Gasteiger partial charge on any atom is -0.862 e. The maximum Gasteiger partial charge on any atom is 2.00 e. The fourth-order valence-corrected chi connectivity index (χ4v) is 1.15. The Kier molecular flexibility index (Phi) is 7.33. The van der Waals surface area contributed by atoms with E-state index < -0.39 is 17.9 Å². The third kappa shape index (κ3) is 5.56. The molecule has 17 heavy (non-hydrogen) atoms. The molecule has 1 rings (SSSR count). The van der Waals surface area contributed by atoms with Gasteiger partial charge in [-0.05, 0) is 18.9 Å². The Balaban J connectivity index is 0.00000256. The molecule has 7 nitrogen and oxygen atoms in total. The molecule has 0 fully saturated rings. The van der Waals surface area contributed by atoms with E-state index >= 15 is 0 Å². The number of hydrogen-bond donors (Lipinski definition) is 2. The zero-order chi connectivity index (χ0) is 12.0. The zero-order valence-corrected chi connectivity index (χ0v) is 12.2. The number of hydrogen-bond acceptors (Lipinski definition) is 6. The van der Waals surface area contributed by atoms with E-state index in [1.165, 1.54) is 12.5 Å². The first-order chi connectivity index (χ1) is 7.63. The van der Waals surface area contributed by atoms with Crippen molar-refractivity contribution in [2.45, 2.75) is 18.9 Å². The molecular formula is C9H12N4O3Zn. The zero-order valence-electron chi connectivity index (χ0n) is 9.26. The van der Waals surface area contributed by atoms with Crippen LogP contribution >= 0.6 is 0 Å². The van der Waals surface area contributed by atoms with Gasteiger partial charge in [0.1, 0.15) is 0 Å². The summed E-state index contributed by atoms with van der Waals surface area (Å²) in [6.45, 7) is 0.145. The molecular weight excluding hydrogens is 278 g/mol. The fraction of sp³-hybridized carbons (Fsp3) is 0.444. The van der Waals surface area contributed by atoms with Crippen molar-refractivity contribution in [2.24, 2.45) is 10.7 Å². The van der Waals surface area contributed by atoms with Crippen molar-refractivity contribution >= 4 is 11.9 Å². The monoisotopic (exact) mass is 288 g/mol. The van der Waals surface area contributed by atoms with E-state index in [4.69, 9.17) is 5.73 Å². The maximum absolute atomic E-state index is 11.1. The molecule has 3 N–H and O–H groups in total. The van der Waals surface area contributed by atoms with Gasteiger partial charge in [-0.1, -0.05) is 0 Å². The van der Waals surface area contributed by atoms with Gasteiger partial charge in [-0.2, -0.15) is 0 Å². The van der Waals surface area contributed by atoms with Crippen molar-refractivity contribution in [3.63, 3.8) is 0 Å². The molecule has 0 aliphatic carbocycles. The number of carbonyl (C=O) groups excluding carboxylic acids is 1. The van der Waals surface area contributed by atoms with E-state index in [9.17, 15) is 15.0 Å². The summed E-state index contributed by atoms with van der Waals surface area (Å²) in [7, 11) is 0. The maximum atomic E-state index is 11.1. The van der Waals surface area contributed by atoms with E-state index in [2.05, 4.69) is 15.0 Å². The number of aliphatic carboxylic acids is 1. The number of aromatic nitrogens is 2. The van der Waals surface area contributed by atoms with Gasteiger partial charge in [-0.15, -0.1) is 0 Å². The van der Waals surface area contributed by atoms with Crippen LogP contribution in [-0.4, -0.2) is 34.4 Å². The fourth-order valence-electron chi connectivity index (χ4n) is 1.15. The molecule has 8 heteroatoms. The van der Waals surface area contributed by atoms with E-state index in [-0.39, 0.29) is 38.9 Å². The number of nitrogens with zero attached hydrogens (tertiary/aromatic N) is 2. The van der Waals surface area contributed by atoms with Crippen LogP contribution in [0.3, 0.4) is 0 Å². The number of aromatic amines is 1. The number of nitrogens with one attached hydrogen (secondary N) is 1. The van der Waals surface area contributed by atoms with Crippen molar-refractivity contribution in [1.82, 2.24) is 9.97 Å². The largest absolute Gasteiger partial charge is 2.00 e. The molecule has 0 unspecified atom stereocenters. The summed E-state index contributed by atoms with van der Waals surface area (Å²) in [6, 6.07) is -1.19. The molecule has 0 amide bonds. The minimum absolute atomic E-state index is 0. The SMILES string of the molecule is NCCC([O-])=N[C@H](Cc1cnc[nH]1)C(=O)[O-].[Zn+2]. The van der Waals surface area contributed by atoms with Crippen LogP contribution in [0.15, 0.2) is 17.5 Å². The van der Waals surface area contributed by atoms with Gasteiger partial charge in [-0.25, -0.2) is 4.98 Å². The molecule has 0 aliphatic heterocycles. The summed E-state index contributed by atoms with van der Waals surface area (Å²) in [6.07, 6.45) is 2.98. The van der Waals surface area contributed by atoms with Crippen LogP contribution in [0.25, 0.3) is 0 Å². The van der Waals surface area contributed by atoms with Crippen LogP contribution in [0.4, 0.5) is 0 Å². The standard InChI is InChI=1S/C9H14N4O3.Zn/c10-2-1-8(14)13-7(9(15)16)3-6-4-11-5-12-6;/h4-5,7H,1-3,10H2,(H,11,12)(H,13,14)(H,15,16);/q;+2/p-2/t7-;/m1./s1. The molecule has 0 radical (unpaired) electrons. The number of imidazole rings is 1. The summed E-state index contributed by atoms with van der Waals surface area (Å²) in [5.41, 5.74) is 5.74. The Bertz CT molecular complexity index is 366. The summed E-state index contributed by atoms with van der Waals surface area (Å²) in [5, 5.41) is 21.9. The average Bonchev–Trinajstić information content (AvgIpc) is 2.69. The molecule has 0 saturated carbocycles. The Morgan fingerprint density at radius 2 is 2.29 bits per heavy atom. The van der Waals surface area contributed by atoms with E-state index in [1.807, 2.05) is 0 Å². The van der Waals surface area contributed by atoms with Gasteiger partial charge in [0.25, 0.3) is 0 Å². The van der Waals surface area contributed by atoms with Crippen molar-refractivity contribution < 1.29 is 34.5 Å². The van der Waals surface area contributed by atoms with E-state index in [1.54, 1.807) is 0 Å². The second-order valence-electron chi connectivity index (χ2n) is 3.18. The normalized spacial score (nSPS) is 12.9. The first-order valence-corrected chi connectivity index (χ1v) is 4.75. The third-order valence-electron chi connectivity index (χ3n) is 1.90. The number of aliphatic imine (C=N–C) groups is 1. The summed E-state index contributed by atoms with van der Waals surface area (Å²) < 4.78 is 0. The predicted molar refractivity (Wildman–Crippen MR) is 52.2 cm³/mol. The second-order valence-corrected chi connectivity index (χ2v) is 3.18. The third-order valence-corrected chi connectivity index (χ3v) is 1.90. The molecule has 1 aromatic heterocycles. The van der Waals surface area contributed by atoms with Crippen molar-refractivity contribution in [3.05, 3.63) is 18.2 Å². The Hall–Kier alpha value is -1.27. The number of carbonyl (C=O) groups is 1. The van der Waals surface area contributed by atoms with E-state index in [0.29, 0.717) is 5.69 Å². The Morgan fingerprint density at radius 3 is 2.76 bits per heavy atom. The number of rotatable bonds is 6. The van der Waals surface area contributed by atoms with Crippen molar-refractivity contribution in [3.8, 4) is 0 Å². The van der Waals surface area contributed by atoms with Gasteiger partial charge in [0.15, 0.2) is 0 Å². The Labute approximate surface area is 111 Å². The van der Waals surface area contributed by atoms with Crippen LogP contribution in [-0.2, 0) is 30.7 Å². The Morgan fingerprint density at radius 1 is 1.59 bits per heavy atom. The number of carboxylic acids is 1. The molecule has 1 aromatic rings. The molecule has 1 heterocycles. The number of carboxylic acid groups (broad SMARTS) is 1. The van der Waals surface area contributed by atoms with Gasteiger partial charge in [-0.3, -0.25) is 4.99 Å². The molecule has 0 aliphatic rings. The molecule has 0 aromatic carbocycles.